The van der Waals surface area contributed by atoms with Crippen molar-refractivity contribution >= 4 is 17.8 Å². The Morgan fingerprint density at radius 3 is 2.04 bits per heavy atom. The van der Waals surface area contributed by atoms with Crippen molar-refractivity contribution in [2.75, 3.05) is 0 Å². The molecule has 0 amide bonds. The van der Waals surface area contributed by atoms with Gasteiger partial charge in [-0.15, -0.1) is 0 Å². The number of esters is 1. The zero-order valence-electron chi connectivity index (χ0n) is 15.6. The highest BCUT2D eigenvalue weighted by Gasteiger charge is 2.05. The Balaban J connectivity index is 1.65. The van der Waals surface area contributed by atoms with Gasteiger partial charge in [-0.1, -0.05) is 79.4 Å². The number of hydrogen-bond donors (Lipinski definition) is 0. The maximum atomic E-state index is 12.4. The molecule has 0 aliphatic carbocycles. The predicted octanol–water partition coefficient (Wildman–Crippen LogP) is 5.73. The second-order valence-corrected chi connectivity index (χ2v) is 6.38. The topological polar surface area (TPSA) is 43.4 Å². The number of allylic oxidation sites excluding steroid dienone is 1. The molecule has 0 unspecified atom stereocenters. The van der Waals surface area contributed by atoms with Gasteiger partial charge >= 0.3 is 5.97 Å². The van der Waals surface area contributed by atoms with Gasteiger partial charge in [0, 0.05) is 11.1 Å². The molecule has 0 aliphatic rings. The quantitative estimate of drug-likeness (QED) is 0.241. The smallest absolute Gasteiger partial charge is 0.338 e. The van der Waals surface area contributed by atoms with Crippen molar-refractivity contribution in [3.63, 3.8) is 0 Å². The maximum Gasteiger partial charge on any atom is 0.338 e. The maximum absolute atomic E-state index is 12.4. The van der Waals surface area contributed by atoms with Gasteiger partial charge < -0.3 is 4.74 Å². The molecule has 0 bridgehead atoms. The van der Waals surface area contributed by atoms with E-state index in [1.807, 2.05) is 54.6 Å². The number of carbonyl (C=O) groups is 2. The normalized spacial score (nSPS) is 10.6. The molecule has 3 nitrogen and oxygen atoms in total. The van der Waals surface area contributed by atoms with Gasteiger partial charge in [-0.25, -0.2) is 4.79 Å². The predicted molar refractivity (Wildman–Crippen MR) is 112 cm³/mol. The molecule has 3 rings (SSSR count). The fourth-order valence-corrected chi connectivity index (χ4v) is 2.57. The molecule has 0 radical (unpaired) electrons. The molecule has 0 aliphatic heterocycles. The van der Waals surface area contributed by atoms with Gasteiger partial charge in [0.1, 0.15) is 5.75 Å². The van der Waals surface area contributed by atoms with Crippen molar-refractivity contribution in [3.05, 3.63) is 108 Å². The minimum atomic E-state index is -0.461. The van der Waals surface area contributed by atoms with Crippen LogP contribution in [-0.2, 0) is 4.79 Å². The first-order valence-electron chi connectivity index (χ1n) is 8.88. The summed E-state index contributed by atoms with van der Waals surface area (Å²) < 4.78 is 5.14. The van der Waals surface area contributed by atoms with Gasteiger partial charge in [-0.05, 0) is 41.8 Å². The van der Waals surface area contributed by atoms with Crippen molar-refractivity contribution in [1.29, 1.82) is 0 Å². The molecular weight excluding hydrogens is 348 g/mol. The monoisotopic (exact) mass is 368 g/mol. The summed E-state index contributed by atoms with van der Waals surface area (Å²) >= 11 is 0. The van der Waals surface area contributed by atoms with Crippen LogP contribution in [0.2, 0.25) is 0 Å². The number of hydrogen-bond acceptors (Lipinski definition) is 3. The Kier molecular flexibility index (Phi) is 5.97. The van der Waals surface area contributed by atoms with E-state index < -0.39 is 5.97 Å². The molecule has 0 saturated carbocycles. The third-order valence-electron chi connectivity index (χ3n) is 4.14. The third-order valence-corrected chi connectivity index (χ3v) is 4.14. The number of carbonyl (C=O) groups excluding carboxylic acids is 2. The molecule has 0 atom stereocenters. The van der Waals surface area contributed by atoms with E-state index in [9.17, 15) is 9.59 Å². The highest BCUT2D eigenvalue weighted by Crippen LogP contribution is 2.20. The lowest BCUT2D eigenvalue weighted by Crippen LogP contribution is -2.07. The van der Waals surface area contributed by atoms with E-state index in [4.69, 9.17) is 4.74 Å². The second kappa shape index (κ2) is 8.78. The Bertz CT molecular complexity index is 1010. The van der Waals surface area contributed by atoms with Crippen LogP contribution in [0.25, 0.3) is 17.2 Å². The molecule has 3 aromatic rings. The molecule has 138 valence electrons. The lowest BCUT2D eigenvalue weighted by molar-refractivity contribution is -0.130. The molecule has 0 spiro atoms. The van der Waals surface area contributed by atoms with Crippen LogP contribution in [0.4, 0.5) is 0 Å². The number of rotatable bonds is 6. The van der Waals surface area contributed by atoms with Crippen LogP contribution in [0.3, 0.4) is 0 Å². The van der Waals surface area contributed by atoms with Crippen molar-refractivity contribution in [1.82, 2.24) is 0 Å². The lowest BCUT2D eigenvalue weighted by Gasteiger charge is -2.04. The molecule has 3 heteroatoms. The van der Waals surface area contributed by atoms with Crippen LogP contribution < -0.4 is 4.74 Å². The summed E-state index contributed by atoms with van der Waals surface area (Å²) in [6.07, 6.45) is 3.27. The van der Waals surface area contributed by atoms with Crippen molar-refractivity contribution < 1.29 is 14.3 Å². The van der Waals surface area contributed by atoms with Gasteiger partial charge in [0.05, 0.1) is 0 Å². The standard InChI is InChI=1S/C25H20O3/c1-18(2)25(27)28-23-15-8-19(9-16-23)10-17-24(26)22-13-11-21(12-14-22)20-6-4-3-5-7-20/h3-17H,1H2,2H3. The first-order chi connectivity index (χ1) is 13.5. The zero-order chi connectivity index (χ0) is 19.9. The molecule has 0 aromatic heterocycles. The highest BCUT2D eigenvalue weighted by molar-refractivity contribution is 6.07. The van der Waals surface area contributed by atoms with E-state index in [2.05, 4.69) is 6.58 Å². The Hall–Kier alpha value is -3.72. The van der Waals surface area contributed by atoms with Crippen molar-refractivity contribution in [3.8, 4) is 16.9 Å². The summed E-state index contributed by atoms with van der Waals surface area (Å²) in [6, 6.07) is 24.5. The molecule has 0 fully saturated rings. The van der Waals surface area contributed by atoms with Crippen LogP contribution in [0, 0.1) is 0 Å². The molecule has 0 saturated heterocycles. The summed E-state index contributed by atoms with van der Waals surface area (Å²) in [6.45, 7) is 5.14. The number of benzene rings is 3. The average molecular weight is 368 g/mol. The SMILES string of the molecule is C=C(C)C(=O)Oc1ccc(C=CC(=O)c2ccc(-c3ccccc3)cc2)cc1. The molecule has 0 N–H and O–H groups in total. The highest BCUT2D eigenvalue weighted by atomic mass is 16.5. The molecular formula is C25H20O3. The van der Waals surface area contributed by atoms with E-state index in [1.54, 1.807) is 37.3 Å². The summed E-state index contributed by atoms with van der Waals surface area (Å²) in [5.74, 6) is -0.0946. The van der Waals surface area contributed by atoms with Crippen molar-refractivity contribution in [2.45, 2.75) is 6.92 Å². The first-order valence-corrected chi connectivity index (χ1v) is 8.88. The Morgan fingerprint density at radius 1 is 0.821 bits per heavy atom. The zero-order valence-corrected chi connectivity index (χ0v) is 15.6. The van der Waals surface area contributed by atoms with E-state index in [0.29, 0.717) is 16.9 Å². The van der Waals surface area contributed by atoms with Crippen LogP contribution in [0.1, 0.15) is 22.8 Å². The van der Waals surface area contributed by atoms with E-state index in [1.165, 1.54) is 6.08 Å². The fourth-order valence-electron chi connectivity index (χ4n) is 2.57. The van der Waals surface area contributed by atoms with Gasteiger partial charge in [-0.2, -0.15) is 0 Å². The summed E-state index contributed by atoms with van der Waals surface area (Å²) in [5.41, 5.74) is 3.99. The van der Waals surface area contributed by atoms with Gasteiger partial charge in [0.15, 0.2) is 5.78 Å². The Morgan fingerprint density at radius 2 is 1.43 bits per heavy atom. The molecule has 28 heavy (non-hydrogen) atoms. The molecule has 3 aromatic carbocycles. The van der Waals surface area contributed by atoms with Gasteiger partial charge in [-0.3, -0.25) is 4.79 Å². The van der Waals surface area contributed by atoms with E-state index >= 15 is 0 Å². The van der Waals surface area contributed by atoms with Crippen molar-refractivity contribution in [2.24, 2.45) is 0 Å². The Labute approximate surface area is 164 Å². The average Bonchev–Trinajstić information content (AvgIpc) is 2.73. The van der Waals surface area contributed by atoms with Crippen LogP contribution in [0.5, 0.6) is 5.75 Å². The lowest BCUT2D eigenvalue weighted by atomic mass is 10.0. The summed E-state index contributed by atoms with van der Waals surface area (Å²) in [4.78, 5) is 23.9. The van der Waals surface area contributed by atoms with Crippen LogP contribution >= 0.6 is 0 Å². The first kappa shape index (κ1) is 19.1. The van der Waals surface area contributed by atoms with Gasteiger partial charge in [0.25, 0.3) is 0 Å². The van der Waals surface area contributed by atoms with E-state index in [0.717, 1.165) is 16.7 Å². The fraction of sp³-hybridized carbons (Fsp3) is 0.0400. The van der Waals surface area contributed by atoms with Crippen LogP contribution in [0.15, 0.2) is 97.1 Å². The van der Waals surface area contributed by atoms with E-state index in [-0.39, 0.29) is 5.78 Å². The second-order valence-electron chi connectivity index (χ2n) is 6.38. The minimum Gasteiger partial charge on any atom is -0.423 e. The minimum absolute atomic E-state index is 0.0719. The number of ketones is 1. The molecule has 0 heterocycles. The number of ether oxygens (including phenoxy) is 1. The summed E-state index contributed by atoms with van der Waals surface area (Å²) in [5, 5.41) is 0. The largest absolute Gasteiger partial charge is 0.423 e. The van der Waals surface area contributed by atoms with Crippen LogP contribution in [-0.4, -0.2) is 11.8 Å². The third kappa shape index (κ3) is 4.92. The summed E-state index contributed by atoms with van der Waals surface area (Å²) in [7, 11) is 0. The van der Waals surface area contributed by atoms with Gasteiger partial charge in [0.2, 0.25) is 0 Å².